The summed E-state index contributed by atoms with van der Waals surface area (Å²) in [6.07, 6.45) is 0. The Morgan fingerprint density at radius 1 is 1.50 bits per heavy atom. The topological polar surface area (TPSA) is 18.5 Å². The summed E-state index contributed by atoms with van der Waals surface area (Å²) >= 11 is 8.73. The summed E-state index contributed by atoms with van der Waals surface area (Å²) in [6, 6.07) is 0. The quantitative estimate of drug-likeness (QED) is 0.550. The first kappa shape index (κ1) is 6.81. The molecule has 0 amide bonds. The molecule has 48 valence electrons. The molecule has 0 aromatic carbocycles. The molecular formula is C4H6BrClO2. The molecule has 0 aromatic rings. The predicted molar refractivity (Wildman–Crippen MR) is 34.3 cm³/mol. The van der Waals surface area contributed by atoms with Crippen LogP contribution in [0, 0.1) is 0 Å². The maximum atomic E-state index is 5.53. The molecule has 1 aliphatic rings. The van der Waals surface area contributed by atoms with E-state index in [1.807, 2.05) is 0 Å². The lowest BCUT2D eigenvalue weighted by Gasteiger charge is -2.21. The summed E-state index contributed by atoms with van der Waals surface area (Å²) < 4.78 is 10.0. The zero-order valence-electron chi connectivity index (χ0n) is 4.14. The molecule has 4 heteroatoms. The lowest BCUT2D eigenvalue weighted by atomic mass is 10.6. The summed E-state index contributed by atoms with van der Waals surface area (Å²) in [4.78, 5) is 0. The first-order valence-electron chi connectivity index (χ1n) is 2.30. The Hall–Kier alpha value is 0.690. The second kappa shape index (κ2) is 3.01. The average molecular weight is 201 g/mol. The summed E-state index contributed by atoms with van der Waals surface area (Å²) in [6.45, 7) is 1.08. The van der Waals surface area contributed by atoms with Crippen molar-refractivity contribution in [3.63, 3.8) is 0 Å². The highest BCUT2D eigenvalue weighted by atomic mass is 79.9. The van der Waals surface area contributed by atoms with Crippen LogP contribution >= 0.6 is 27.5 Å². The Labute approximate surface area is 61.2 Å². The smallest absolute Gasteiger partial charge is 0.155 e. The van der Waals surface area contributed by atoms with Crippen molar-refractivity contribution in [2.24, 2.45) is 0 Å². The molecule has 2 nitrogen and oxygen atoms in total. The molecule has 0 bridgehead atoms. The van der Waals surface area contributed by atoms with Crippen LogP contribution in [0.4, 0.5) is 0 Å². The monoisotopic (exact) mass is 200 g/mol. The Bertz CT molecular complexity index is 72.4. The van der Waals surface area contributed by atoms with E-state index in [1.165, 1.54) is 0 Å². The maximum Gasteiger partial charge on any atom is 0.155 e. The molecule has 1 rings (SSSR count). The zero-order chi connectivity index (χ0) is 5.98. The highest BCUT2D eigenvalue weighted by molar-refractivity contribution is 9.09. The fraction of sp³-hybridized carbons (Fsp3) is 1.00. The molecule has 1 saturated heterocycles. The molecule has 1 heterocycles. The van der Waals surface area contributed by atoms with Crippen LogP contribution in [-0.4, -0.2) is 23.8 Å². The van der Waals surface area contributed by atoms with Crippen molar-refractivity contribution < 1.29 is 9.47 Å². The van der Waals surface area contributed by atoms with Crippen LogP contribution in [-0.2, 0) is 9.47 Å². The van der Waals surface area contributed by atoms with Gasteiger partial charge in [0.25, 0.3) is 0 Å². The zero-order valence-corrected chi connectivity index (χ0v) is 6.48. The third-order valence-corrected chi connectivity index (χ3v) is 1.50. The van der Waals surface area contributed by atoms with Crippen LogP contribution in [0.25, 0.3) is 0 Å². The number of hydrogen-bond acceptors (Lipinski definition) is 2. The van der Waals surface area contributed by atoms with Crippen molar-refractivity contribution in [3.05, 3.63) is 0 Å². The van der Waals surface area contributed by atoms with E-state index in [9.17, 15) is 0 Å². The average Bonchev–Trinajstić information content (AvgIpc) is 1.64. The van der Waals surface area contributed by atoms with Gasteiger partial charge < -0.3 is 9.47 Å². The van der Waals surface area contributed by atoms with Crippen LogP contribution in [0.1, 0.15) is 0 Å². The fourth-order valence-electron chi connectivity index (χ4n) is 0.492. The first-order chi connectivity index (χ1) is 3.79. The van der Waals surface area contributed by atoms with Gasteiger partial charge in [0.05, 0.1) is 13.2 Å². The van der Waals surface area contributed by atoms with Crippen molar-refractivity contribution >= 4 is 27.5 Å². The lowest BCUT2D eigenvalue weighted by molar-refractivity contribution is -0.0664. The Kier molecular flexibility index (Phi) is 2.56. The molecule has 0 radical (unpaired) electrons. The van der Waals surface area contributed by atoms with Gasteiger partial charge in [-0.25, -0.2) is 0 Å². The van der Waals surface area contributed by atoms with Crippen LogP contribution < -0.4 is 0 Å². The Morgan fingerprint density at radius 2 is 2.25 bits per heavy atom. The number of halogens is 2. The van der Waals surface area contributed by atoms with Crippen LogP contribution in [0.2, 0.25) is 0 Å². The molecule has 0 spiro atoms. The SMILES string of the molecule is ClC1COCC(Br)O1. The third-order valence-electron chi connectivity index (χ3n) is 0.793. The van der Waals surface area contributed by atoms with E-state index in [2.05, 4.69) is 15.9 Å². The molecule has 0 aliphatic carbocycles. The van der Waals surface area contributed by atoms with Gasteiger partial charge >= 0.3 is 0 Å². The Morgan fingerprint density at radius 3 is 2.62 bits per heavy atom. The minimum atomic E-state index is -0.284. The fourth-order valence-corrected chi connectivity index (χ4v) is 1.28. The van der Waals surface area contributed by atoms with Gasteiger partial charge in [-0.3, -0.25) is 0 Å². The minimum absolute atomic E-state index is 0.0289. The lowest BCUT2D eigenvalue weighted by Crippen LogP contribution is -2.28. The van der Waals surface area contributed by atoms with Gasteiger partial charge in [-0.1, -0.05) is 27.5 Å². The standard InChI is InChI=1S/C4H6BrClO2/c5-3-1-7-2-4(6)8-3/h3-4H,1-2H2. The molecule has 1 fully saturated rings. The van der Waals surface area contributed by atoms with Gasteiger partial charge in [0.15, 0.2) is 5.56 Å². The second-order valence-corrected chi connectivity index (χ2v) is 3.00. The molecule has 0 N–H and O–H groups in total. The number of rotatable bonds is 0. The van der Waals surface area contributed by atoms with E-state index < -0.39 is 0 Å². The molecule has 1 aliphatic heterocycles. The summed E-state index contributed by atoms with van der Waals surface area (Å²) in [7, 11) is 0. The highest BCUT2D eigenvalue weighted by Crippen LogP contribution is 2.14. The van der Waals surface area contributed by atoms with Gasteiger partial charge in [-0.2, -0.15) is 0 Å². The third kappa shape index (κ3) is 1.90. The van der Waals surface area contributed by atoms with E-state index in [0.29, 0.717) is 13.2 Å². The van der Waals surface area contributed by atoms with Gasteiger partial charge in [0.1, 0.15) is 5.01 Å². The first-order valence-corrected chi connectivity index (χ1v) is 3.65. The largest absolute Gasteiger partial charge is 0.374 e. The second-order valence-electron chi connectivity index (χ2n) is 1.49. The summed E-state index contributed by atoms with van der Waals surface area (Å²) in [5, 5.41) is -0.0289. The number of hydrogen-bond donors (Lipinski definition) is 0. The number of ether oxygens (including phenoxy) is 2. The van der Waals surface area contributed by atoms with Crippen molar-refractivity contribution in [1.82, 2.24) is 0 Å². The van der Waals surface area contributed by atoms with Crippen molar-refractivity contribution in [1.29, 1.82) is 0 Å². The Balaban J connectivity index is 2.23. The molecular weight excluding hydrogens is 195 g/mol. The maximum absolute atomic E-state index is 5.53. The molecule has 0 saturated carbocycles. The predicted octanol–water partition coefficient (Wildman–Crippen LogP) is 1.32. The highest BCUT2D eigenvalue weighted by Gasteiger charge is 2.17. The molecule has 2 atom stereocenters. The van der Waals surface area contributed by atoms with Crippen molar-refractivity contribution in [2.75, 3.05) is 13.2 Å². The van der Waals surface area contributed by atoms with Gasteiger partial charge in [-0.15, -0.1) is 0 Å². The van der Waals surface area contributed by atoms with Crippen molar-refractivity contribution in [3.8, 4) is 0 Å². The van der Waals surface area contributed by atoms with E-state index in [-0.39, 0.29) is 10.6 Å². The van der Waals surface area contributed by atoms with Crippen LogP contribution in [0.3, 0.4) is 0 Å². The van der Waals surface area contributed by atoms with E-state index in [4.69, 9.17) is 21.1 Å². The summed E-state index contributed by atoms with van der Waals surface area (Å²) in [5.41, 5.74) is -0.284. The van der Waals surface area contributed by atoms with Crippen molar-refractivity contribution in [2.45, 2.75) is 10.6 Å². The van der Waals surface area contributed by atoms with Gasteiger partial charge in [0, 0.05) is 0 Å². The van der Waals surface area contributed by atoms with Gasteiger partial charge in [0.2, 0.25) is 0 Å². The van der Waals surface area contributed by atoms with Crippen LogP contribution in [0.5, 0.6) is 0 Å². The van der Waals surface area contributed by atoms with E-state index in [1.54, 1.807) is 0 Å². The minimum Gasteiger partial charge on any atom is -0.374 e. The van der Waals surface area contributed by atoms with E-state index in [0.717, 1.165) is 0 Å². The normalized spacial score (nSPS) is 39.8. The molecule has 0 aromatic heterocycles. The molecule has 8 heavy (non-hydrogen) atoms. The van der Waals surface area contributed by atoms with Gasteiger partial charge in [-0.05, 0) is 0 Å². The van der Waals surface area contributed by atoms with E-state index >= 15 is 0 Å². The number of alkyl halides is 2. The molecule has 2 unspecified atom stereocenters. The van der Waals surface area contributed by atoms with Crippen LogP contribution in [0.15, 0.2) is 0 Å². The summed E-state index contributed by atoms with van der Waals surface area (Å²) in [5.74, 6) is 0.